The topological polar surface area (TPSA) is 72.9 Å². The smallest absolute Gasteiger partial charge is 0.245 e. The van der Waals surface area contributed by atoms with Gasteiger partial charge < -0.3 is 9.47 Å². The summed E-state index contributed by atoms with van der Waals surface area (Å²) in [5, 5.41) is 0. The number of rotatable bonds is 3. The average molecular weight is 353 g/mol. The first kappa shape index (κ1) is 17.5. The van der Waals surface area contributed by atoms with Gasteiger partial charge in [0.2, 0.25) is 10.0 Å². The fourth-order valence-corrected chi connectivity index (χ4v) is 5.35. The lowest BCUT2D eigenvalue weighted by Crippen LogP contribution is -2.59. The summed E-state index contributed by atoms with van der Waals surface area (Å²) in [6, 6.07) is 6.66. The van der Waals surface area contributed by atoms with Gasteiger partial charge in [0.15, 0.2) is 0 Å². The molecule has 1 unspecified atom stereocenters. The van der Waals surface area contributed by atoms with Gasteiger partial charge in [0.1, 0.15) is 12.0 Å². The summed E-state index contributed by atoms with van der Waals surface area (Å²) in [6.45, 7) is 2.80. The van der Waals surface area contributed by atoms with Crippen LogP contribution in [0.4, 0.5) is 0 Å². The van der Waals surface area contributed by atoms with Gasteiger partial charge in [0.25, 0.3) is 0 Å². The number of carbonyl (C=O) groups is 1. The van der Waals surface area contributed by atoms with Crippen LogP contribution in [0.25, 0.3) is 0 Å². The van der Waals surface area contributed by atoms with E-state index in [4.69, 9.17) is 9.47 Å². The van der Waals surface area contributed by atoms with Crippen LogP contribution < -0.4 is 0 Å². The van der Waals surface area contributed by atoms with Crippen LogP contribution in [-0.2, 0) is 24.3 Å². The Morgan fingerprint density at radius 3 is 2.42 bits per heavy atom. The van der Waals surface area contributed by atoms with Gasteiger partial charge in [-0.3, -0.25) is 4.79 Å². The molecule has 2 saturated heterocycles. The largest absolute Gasteiger partial charge is 0.381 e. The summed E-state index contributed by atoms with van der Waals surface area (Å²) in [4.78, 5) is 12.5. The number of ether oxygens (including phenoxy) is 2. The number of hydrogen-bond donors (Lipinski definition) is 0. The SMILES string of the molecule is COC1N(S(=O)(=O)c2ccc(C)cc2)CC(=O)CC12CCOCC2. The van der Waals surface area contributed by atoms with E-state index in [1.165, 1.54) is 11.4 Å². The third-order valence-electron chi connectivity index (χ3n) is 5.01. The highest BCUT2D eigenvalue weighted by molar-refractivity contribution is 7.89. The molecule has 0 aliphatic carbocycles. The molecule has 24 heavy (non-hydrogen) atoms. The molecule has 0 aromatic heterocycles. The van der Waals surface area contributed by atoms with Gasteiger partial charge in [-0.15, -0.1) is 0 Å². The van der Waals surface area contributed by atoms with Gasteiger partial charge in [-0.2, -0.15) is 4.31 Å². The maximum atomic E-state index is 13.1. The molecule has 2 fully saturated rings. The van der Waals surface area contributed by atoms with Crippen LogP contribution in [-0.4, -0.2) is 51.6 Å². The number of hydrogen-bond acceptors (Lipinski definition) is 5. The van der Waals surface area contributed by atoms with Crippen molar-refractivity contribution in [1.29, 1.82) is 0 Å². The van der Waals surface area contributed by atoms with Crippen molar-refractivity contribution in [3.8, 4) is 0 Å². The Balaban J connectivity index is 2.00. The number of nitrogens with zero attached hydrogens (tertiary/aromatic N) is 1. The van der Waals surface area contributed by atoms with Crippen molar-refractivity contribution in [3.63, 3.8) is 0 Å². The van der Waals surface area contributed by atoms with E-state index in [-0.39, 0.29) is 17.2 Å². The minimum atomic E-state index is -3.80. The Kier molecular flexibility index (Phi) is 4.79. The lowest BCUT2D eigenvalue weighted by molar-refractivity contribution is -0.161. The number of Topliss-reactive ketones (excluding diaryl/α,β-unsaturated/α-hetero) is 1. The van der Waals surface area contributed by atoms with Gasteiger partial charge in [-0.05, 0) is 31.9 Å². The van der Waals surface area contributed by atoms with Crippen molar-refractivity contribution >= 4 is 15.8 Å². The Morgan fingerprint density at radius 2 is 1.83 bits per heavy atom. The monoisotopic (exact) mass is 353 g/mol. The summed E-state index contributed by atoms with van der Waals surface area (Å²) >= 11 is 0. The lowest BCUT2D eigenvalue weighted by atomic mass is 9.72. The van der Waals surface area contributed by atoms with Crippen molar-refractivity contribution in [1.82, 2.24) is 4.31 Å². The molecule has 6 nitrogen and oxygen atoms in total. The highest BCUT2D eigenvalue weighted by Crippen LogP contribution is 2.44. The molecular formula is C17H23NO5S. The fourth-order valence-electron chi connectivity index (χ4n) is 3.72. The van der Waals surface area contributed by atoms with Crippen molar-refractivity contribution in [2.24, 2.45) is 5.41 Å². The molecule has 7 heteroatoms. The molecule has 1 aromatic carbocycles. The van der Waals surface area contributed by atoms with E-state index < -0.39 is 21.7 Å². The number of sulfonamides is 1. The predicted molar refractivity (Wildman–Crippen MR) is 88.0 cm³/mol. The zero-order valence-corrected chi connectivity index (χ0v) is 14.8. The summed E-state index contributed by atoms with van der Waals surface area (Å²) in [5.41, 5.74) is 0.480. The standard InChI is InChI=1S/C17H23NO5S/c1-13-3-5-15(6-4-13)24(20,21)18-12-14(19)11-17(16(18)22-2)7-9-23-10-8-17/h3-6,16H,7-12H2,1-2H3. The first-order valence-electron chi connectivity index (χ1n) is 8.10. The molecule has 3 rings (SSSR count). The van der Waals surface area contributed by atoms with Crippen LogP contribution in [0.1, 0.15) is 24.8 Å². The zero-order chi connectivity index (χ0) is 17.4. The molecule has 2 aliphatic rings. The molecule has 2 heterocycles. The molecule has 132 valence electrons. The molecule has 2 aliphatic heterocycles. The Bertz CT molecular complexity index is 707. The summed E-state index contributed by atoms with van der Waals surface area (Å²) in [6.07, 6.45) is 0.939. The first-order chi connectivity index (χ1) is 11.4. The second kappa shape index (κ2) is 6.55. The second-order valence-corrected chi connectivity index (χ2v) is 8.53. The van der Waals surface area contributed by atoms with E-state index in [0.29, 0.717) is 32.5 Å². The second-order valence-electron chi connectivity index (χ2n) is 6.64. The molecule has 0 bridgehead atoms. The number of benzene rings is 1. The fraction of sp³-hybridized carbons (Fsp3) is 0.588. The molecule has 1 aromatic rings. The molecule has 0 saturated carbocycles. The highest BCUT2D eigenvalue weighted by Gasteiger charge is 2.52. The van der Waals surface area contributed by atoms with E-state index in [1.54, 1.807) is 24.3 Å². The summed E-state index contributed by atoms with van der Waals surface area (Å²) in [7, 11) is -2.29. The predicted octanol–water partition coefficient (Wildman–Crippen LogP) is 1.73. The highest BCUT2D eigenvalue weighted by atomic mass is 32.2. The Hall–Kier alpha value is -1.28. The van der Waals surface area contributed by atoms with Crippen LogP contribution in [0.15, 0.2) is 29.2 Å². The zero-order valence-electron chi connectivity index (χ0n) is 14.0. The van der Waals surface area contributed by atoms with Gasteiger partial charge >= 0.3 is 0 Å². The van der Waals surface area contributed by atoms with Crippen molar-refractivity contribution in [2.75, 3.05) is 26.9 Å². The summed E-state index contributed by atoms with van der Waals surface area (Å²) < 4.78 is 38.5. The third-order valence-corrected chi connectivity index (χ3v) is 6.81. The van der Waals surface area contributed by atoms with Gasteiger partial charge in [-0.1, -0.05) is 17.7 Å². The third kappa shape index (κ3) is 3.01. The minimum absolute atomic E-state index is 0.0686. The maximum absolute atomic E-state index is 13.1. The van der Waals surface area contributed by atoms with Crippen LogP contribution in [0.3, 0.4) is 0 Å². The van der Waals surface area contributed by atoms with Crippen molar-refractivity contribution in [3.05, 3.63) is 29.8 Å². The van der Waals surface area contributed by atoms with E-state index in [0.717, 1.165) is 5.56 Å². The Labute approximate surface area is 142 Å². The van der Waals surface area contributed by atoms with Gasteiger partial charge in [0, 0.05) is 32.2 Å². The van der Waals surface area contributed by atoms with E-state index in [9.17, 15) is 13.2 Å². The first-order valence-corrected chi connectivity index (χ1v) is 9.54. The van der Waals surface area contributed by atoms with Crippen LogP contribution in [0, 0.1) is 12.3 Å². The van der Waals surface area contributed by atoms with Crippen LogP contribution >= 0.6 is 0 Å². The molecule has 1 spiro atoms. The molecular weight excluding hydrogens is 330 g/mol. The van der Waals surface area contributed by atoms with Crippen molar-refractivity contribution < 1.29 is 22.7 Å². The van der Waals surface area contributed by atoms with E-state index in [1.807, 2.05) is 6.92 Å². The molecule has 0 radical (unpaired) electrons. The van der Waals surface area contributed by atoms with Crippen LogP contribution in [0.5, 0.6) is 0 Å². The number of ketones is 1. The van der Waals surface area contributed by atoms with Crippen molar-refractivity contribution in [2.45, 2.75) is 37.3 Å². The van der Waals surface area contributed by atoms with Gasteiger partial charge in [-0.25, -0.2) is 8.42 Å². The normalized spacial score (nSPS) is 25.1. The number of methoxy groups -OCH3 is 1. The molecule has 1 atom stereocenters. The maximum Gasteiger partial charge on any atom is 0.245 e. The minimum Gasteiger partial charge on any atom is -0.381 e. The molecule has 0 amide bonds. The summed E-state index contributed by atoms with van der Waals surface area (Å²) in [5.74, 6) is -0.0686. The average Bonchev–Trinajstić information content (AvgIpc) is 2.55. The number of piperidine rings is 1. The molecule has 0 N–H and O–H groups in total. The number of aryl methyl sites for hydroxylation is 1. The van der Waals surface area contributed by atoms with Gasteiger partial charge in [0.05, 0.1) is 11.4 Å². The quantitative estimate of drug-likeness (QED) is 0.827. The van der Waals surface area contributed by atoms with E-state index >= 15 is 0 Å². The van der Waals surface area contributed by atoms with Crippen LogP contribution in [0.2, 0.25) is 0 Å². The lowest BCUT2D eigenvalue weighted by Gasteiger charge is -2.49. The number of carbonyl (C=O) groups excluding carboxylic acids is 1. The Morgan fingerprint density at radius 1 is 1.21 bits per heavy atom. The van der Waals surface area contributed by atoms with E-state index in [2.05, 4.69) is 0 Å².